The number of ketones is 2. The Morgan fingerprint density at radius 3 is 1.40 bits per heavy atom. The van der Waals surface area contributed by atoms with Crippen LogP contribution in [0.3, 0.4) is 0 Å². The summed E-state index contributed by atoms with van der Waals surface area (Å²) in [5.74, 6) is -57.2. The molecule has 1 aliphatic heterocycles. The molecule has 5 nitrogen and oxygen atoms in total. The maximum absolute atomic E-state index is 14.4. The van der Waals surface area contributed by atoms with Crippen molar-refractivity contribution < 1.29 is 96.3 Å². The molecule has 42 heavy (non-hydrogen) atoms. The van der Waals surface area contributed by atoms with Gasteiger partial charge in [0.2, 0.25) is 0 Å². The molecule has 0 atom stereocenters. The normalized spacial score (nSPS) is 19.5. The third-order valence-corrected chi connectivity index (χ3v) is 11.2. The van der Waals surface area contributed by atoms with Crippen LogP contribution in [0.5, 0.6) is 0 Å². The SMILES string of the molecule is CCCC(=O)CS1(OS(=O)(=O)C(F)(F)C(F)(F)C(F)(F)C(F)(F)C(F)(F)C(F)(F)C(F)(F)C(F)(F)F)CCC(=O)CC1. The minimum Gasteiger partial charge on any atom is -0.300 e. The number of hydrogen-bond acceptors (Lipinski definition) is 5. The number of halogens is 17. The molecule has 0 unspecified atom stereocenters. The van der Waals surface area contributed by atoms with Gasteiger partial charge in [0.25, 0.3) is 0 Å². The molecule has 1 rings (SSSR count). The molecule has 1 fully saturated rings. The van der Waals surface area contributed by atoms with Crippen molar-refractivity contribution in [2.75, 3.05) is 17.3 Å². The lowest BCUT2D eigenvalue weighted by Gasteiger charge is -2.44. The number of rotatable bonds is 13. The van der Waals surface area contributed by atoms with E-state index >= 15 is 0 Å². The van der Waals surface area contributed by atoms with Crippen LogP contribution in [0.25, 0.3) is 0 Å². The van der Waals surface area contributed by atoms with Crippen LogP contribution in [0.2, 0.25) is 0 Å². The van der Waals surface area contributed by atoms with E-state index in [4.69, 9.17) is 0 Å². The lowest BCUT2D eigenvalue weighted by atomic mass is 9.91. The van der Waals surface area contributed by atoms with E-state index in [-0.39, 0.29) is 6.42 Å². The van der Waals surface area contributed by atoms with Crippen molar-refractivity contribution in [3.63, 3.8) is 0 Å². The van der Waals surface area contributed by atoms with Crippen LogP contribution in [-0.4, -0.2) is 84.2 Å². The fraction of sp³-hybridized carbons (Fsp3) is 0.889. The minimum absolute atomic E-state index is 0.00179. The standard InChI is InChI=1S/C18H17F17O5S2/c1-2-3-10(37)8-41(6-4-9(36)5-7-41)40-42(38,39)18(34,35)16(29,30)14(25,26)12(21,22)11(19,20)13(23,24)15(27,28)17(31,32)33/h2-8H2,1H3. The van der Waals surface area contributed by atoms with Crippen LogP contribution in [0.4, 0.5) is 74.6 Å². The molecule has 0 saturated carbocycles. The highest BCUT2D eigenvalue weighted by atomic mass is 32.3. The van der Waals surface area contributed by atoms with Crippen LogP contribution < -0.4 is 0 Å². The van der Waals surface area contributed by atoms with E-state index in [1.54, 1.807) is 0 Å². The minimum atomic E-state index is -8.96. The topological polar surface area (TPSA) is 77.5 Å². The quantitative estimate of drug-likeness (QED) is 0.199. The van der Waals surface area contributed by atoms with Gasteiger partial charge in [0, 0.05) is 30.8 Å². The van der Waals surface area contributed by atoms with Crippen molar-refractivity contribution in [1.82, 2.24) is 0 Å². The summed E-state index contributed by atoms with van der Waals surface area (Å²) in [5, 5.41) is -7.83. The zero-order valence-corrected chi connectivity index (χ0v) is 21.9. The van der Waals surface area contributed by atoms with Gasteiger partial charge in [0.15, 0.2) is 0 Å². The predicted octanol–water partition coefficient (Wildman–Crippen LogP) is 6.75. The van der Waals surface area contributed by atoms with E-state index in [0.717, 1.165) is 0 Å². The third kappa shape index (κ3) is 5.78. The first-order valence-corrected chi connectivity index (χ1v) is 14.2. The first kappa shape index (κ1) is 38.4. The molecule has 0 aromatic heterocycles. The van der Waals surface area contributed by atoms with Gasteiger partial charge >= 0.3 is 57.1 Å². The Labute approximate surface area is 225 Å². The monoisotopic (exact) mass is 700 g/mol. The summed E-state index contributed by atoms with van der Waals surface area (Å²) in [6.07, 6.45) is -9.91. The van der Waals surface area contributed by atoms with Crippen LogP contribution in [-0.2, 0) is 23.3 Å². The highest BCUT2D eigenvalue weighted by Crippen LogP contribution is 2.65. The summed E-state index contributed by atoms with van der Waals surface area (Å²) in [6.45, 7) is 1.35. The molecule has 0 aromatic carbocycles. The lowest BCUT2D eigenvalue weighted by molar-refractivity contribution is -0.458. The summed E-state index contributed by atoms with van der Waals surface area (Å²) in [6, 6.07) is 0. The zero-order chi connectivity index (χ0) is 33.8. The van der Waals surface area contributed by atoms with Crippen molar-refractivity contribution in [3.8, 4) is 0 Å². The zero-order valence-electron chi connectivity index (χ0n) is 20.2. The number of Topliss-reactive ketones (excluding diaryl/α,β-unsaturated/α-hetero) is 2. The smallest absolute Gasteiger partial charge is 0.300 e. The summed E-state index contributed by atoms with van der Waals surface area (Å²) in [5.41, 5.74) is 0. The fourth-order valence-corrected chi connectivity index (χ4v) is 8.71. The largest absolute Gasteiger partial charge is 0.460 e. The van der Waals surface area contributed by atoms with E-state index < -0.39 is 115 Å². The maximum atomic E-state index is 14.4. The second-order valence-electron chi connectivity index (χ2n) is 8.83. The average Bonchev–Trinajstić information content (AvgIpc) is 2.79. The Bertz CT molecular complexity index is 1140. The van der Waals surface area contributed by atoms with Crippen LogP contribution >= 0.6 is 10.3 Å². The van der Waals surface area contributed by atoms with E-state index in [1.165, 1.54) is 6.92 Å². The van der Waals surface area contributed by atoms with Crippen molar-refractivity contribution in [1.29, 1.82) is 0 Å². The number of carbonyl (C=O) groups excluding carboxylic acids is 2. The average molecular weight is 700 g/mol. The van der Waals surface area contributed by atoms with Crippen molar-refractivity contribution in [2.45, 2.75) is 79.6 Å². The summed E-state index contributed by atoms with van der Waals surface area (Å²) in [4.78, 5) is 23.4. The summed E-state index contributed by atoms with van der Waals surface area (Å²) < 4.78 is 257. The molecule has 0 aliphatic carbocycles. The fourth-order valence-electron chi connectivity index (χ4n) is 3.25. The number of hydrogen-bond donors (Lipinski definition) is 0. The molecule has 0 amide bonds. The molecule has 1 saturated heterocycles. The second-order valence-corrected chi connectivity index (χ2v) is 13.8. The van der Waals surface area contributed by atoms with E-state index in [2.05, 4.69) is 3.63 Å². The molecule has 250 valence electrons. The molecule has 0 spiro atoms. The van der Waals surface area contributed by atoms with Gasteiger partial charge in [0.05, 0.1) is 5.75 Å². The Hall–Kier alpha value is -1.59. The summed E-state index contributed by atoms with van der Waals surface area (Å²) >= 11 is 0. The highest BCUT2D eigenvalue weighted by Gasteiger charge is 2.96. The molecule has 1 aliphatic rings. The van der Waals surface area contributed by atoms with Gasteiger partial charge in [-0.15, -0.1) is 10.3 Å². The van der Waals surface area contributed by atoms with Crippen molar-refractivity contribution >= 4 is 32.0 Å². The molecule has 1 heterocycles. The molecular formula is C18H17F17O5S2. The van der Waals surface area contributed by atoms with Gasteiger partial charge in [-0.05, 0) is 6.42 Å². The molecule has 0 aromatic rings. The lowest BCUT2D eigenvalue weighted by Crippen LogP contribution is -2.75. The van der Waals surface area contributed by atoms with E-state index in [1.807, 2.05) is 0 Å². The molecular weight excluding hydrogens is 683 g/mol. The summed E-state index contributed by atoms with van der Waals surface area (Å²) in [7, 11) is -11.8. The number of carbonyl (C=O) groups is 2. The van der Waals surface area contributed by atoms with Gasteiger partial charge in [0.1, 0.15) is 11.6 Å². The first-order chi connectivity index (χ1) is 18.3. The molecule has 24 heteroatoms. The van der Waals surface area contributed by atoms with Gasteiger partial charge < -0.3 is 0 Å². The van der Waals surface area contributed by atoms with Gasteiger partial charge in [-0.25, -0.2) is 3.63 Å². The second kappa shape index (κ2) is 11.1. The van der Waals surface area contributed by atoms with Crippen molar-refractivity contribution in [2.24, 2.45) is 0 Å². The highest BCUT2D eigenvalue weighted by molar-refractivity contribution is 8.33. The van der Waals surface area contributed by atoms with E-state index in [9.17, 15) is 92.6 Å². The Balaban J connectivity index is 3.71. The Morgan fingerprint density at radius 1 is 0.690 bits per heavy atom. The number of alkyl halides is 17. The molecule has 0 N–H and O–H groups in total. The predicted molar refractivity (Wildman–Crippen MR) is 107 cm³/mol. The molecule has 0 radical (unpaired) electrons. The Morgan fingerprint density at radius 2 is 1.05 bits per heavy atom. The maximum Gasteiger partial charge on any atom is 0.460 e. The van der Waals surface area contributed by atoms with Gasteiger partial charge in [-0.2, -0.15) is 83.1 Å². The first-order valence-electron chi connectivity index (χ1n) is 10.7. The van der Waals surface area contributed by atoms with Gasteiger partial charge in [-0.3, -0.25) is 9.59 Å². The van der Waals surface area contributed by atoms with Crippen LogP contribution in [0, 0.1) is 0 Å². The van der Waals surface area contributed by atoms with E-state index in [0.29, 0.717) is 0 Å². The Kier molecular flexibility index (Phi) is 10.1. The molecule has 0 bridgehead atoms. The van der Waals surface area contributed by atoms with Gasteiger partial charge in [-0.1, -0.05) is 6.92 Å². The third-order valence-electron chi connectivity index (χ3n) is 5.70. The van der Waals surface area contributed by atoms with Crippen LogP contribution in [0.1, 0.15) is 32.6 Å². The van der Waals surface area contributed by atoms with Crippen LogP contribution in [0.15, 0.2) is 0 Å². The van der Waals surface area contributed by atoms with Crippen molar-refractivity contribution in [3.05, 3.63) is 0 Å².